The Morgan fingerprint density at radius 1 is 1.42 bits per heavy atom. The molecule has 0 saturated heterocycles. The number of hydrogen-bond acceptors (Lipinski definition) is 5. The van der Waals surface area contributed by atoms with Gasteiger partial charge in [-0.3, -0.25) is 0 Å². The van der Waals surface area contributed by atoms with Gasteiger partial charge in [-0.2, -0.15) is 14.6 Å². The maximum Gasteiger partial charge on any atom is 0.254 e. The average molecular weight is 327 g/mol. The molecule has 3 heterocycles. The Morgan fingerprint density at radius 3 is 3.21 bits per heavy atom. The minimum Gasteiger partial charge on any atom is -0.490 e. The third-order valence-electron chi connectivity index (χ3n) is 4.16. The van der Waals surface area contributed by atoms with Crippen molar-refractivity contribution in [2.24, 2.45) is 0 Å². The number of benzene rings is 1. The van der Waals surface area contributed by atoms with Crippen LogP contribution in [-0.4, -0.2) is 26.2 Å². The van der Waals surface area contributed by atoms with Gasteiger partial charge in [-0.25, -0.2) is 9.37 Å². The number of anilines is 1. The smallest absolute Gasteiger partial charge is 0.254 e. The fourth-order valence-corrected chi connectivity index (χ4v) is 3.06. The second kappa shape index (κ2) is 6.07. The monoisotopic (exact) mass is 327 g/mol. The van der Waals surface area contributed by atoms with Crippen molar-refractivity contribution in [3.63, 3.8) is 0 Å². The molecule has 1 aliphatic rings. The van der Waals surface area contributed by atoms with E-state index >= 15 is 0 Å². The summed E-state index contributed by atoms with van der Waals surface area (Å²) in [6.07, 6.45) is 4.11. The fourth-order valence-electron chi connectivity index (χ4n) is 3.06. The molecular formula is C17H18FN5O. The number of ether oxygens (including phenoxy) is 1. The number of rotatable bonds is 4. The standard InChI is InChI=1S/C17H18FN5O/c1-2-4-11-9-15(23-17(21-11)19-10-20-23)22-14-7-8-24-16-12(14)5-3-6-13(16)18/h3,5-6,9-10,14,22H,2,4,7-8H2,1H3/t14-/m0/s1. The zero-order valence-electron chi connectivity index (χ0n) is 13.4. The number of nitrogens with zero attached hydrogens (tertiary/aromatic N) is 4. The normalized spacial score (nSPS) is 16.7. The molecule has 2 aromatic heterocycles. The van der Waals surface area contributed by atoms with E-state index in [1.807, 2.05) is 12.1 Å². The lowest BCUT2D eigenvalue weighted by molar-refractivity contribution is 0.260. The fraction of sp³-hybridized carbons (Fsp3) is 0.353. The molecule has 0 unspecified atom stereocenters. The van der Waals surface area contributed by atoms with Crippen LogP contribution in [0.3, 0.4) is 0 Å². The van der Waals surface area contributed by atoms with Crippen LogP contribution >= 0.6 is 0 Å². The lowest BCUT2D eigenvalue weighted by Gasteiger charge is -2.27. The summed E-state index contributed by atoms with van der Waals surface area (Å²) in [7, 11) is 0. The van der Waals surface area contributed by atoms with Crippen LogP contribution in [0.4, 0.5) is 10.2 Å². The van der Waals surface area contributed by atoms with E-state index in [0.29, 0.717) is 18.1 Å². The number of nitrogens with one attached hydrogen (secondary N) is 1. The summed E-state index contributed by atoms with van der Waals surface area (Å²) in [4.78, 5) is 8.69. The third kappa shape index (κ3) is 2.55. The van der Waals surface area contributed by atoms with E-state index < -0.39 is 0 Å². The van der Waals surface area contributed by atoms with Gasteiger partial charge in [0.15, 0.2) is 11.6 Å². The first-order valence-electron chi connectivity index (χ1n) is 8.13. The molecule has 4 rings (SSSR count). The van der Waals surface area contributed by atoms with Crippen LogP contribution in [0.15, 0.2) is 30.6 Å². The highest BCUT2D eigenvalue weighted by Crippen LogP contribution is 2.36. The van der Waals surface area contributed by atoms with Gasteiger partial charge in [0, 0.05) is 23.7 Å². The Labute approximate surface area is 138 Å². The van der Waals surface area contributed by atoms with Gasteiger partial charge in [-0.15, -0.1) is 0 Å². The van der Waals surface area contributed by atoms with Crippen molar-refractivity contribution in [3.8, 4) is 5.75 Å². The summed E-state index contributed by atoms with van der Waals surface area (Å²) in [5.41, 5.74) is 1.79. The number of fused-ring (bicyclic) bond motifs is 2. The SMILES string of the molecule is CCCc1cc(N[C@H]2CCOc3c(F)cccc32)n2ncnc2n1. The van der Waals surface area contributed by atoms with Crippen LogP contribution in [0.25, 0.3) is 5.78 Å². The van der Waals surface area contributed by atoms with Gasteiger partial charge in [0.2, 0.25) is 0 Å². The Bertz CT molecular complexity index is 879. The molecule has 0 fully saturated rings. The molecule has 0 saturated carbocycles. The summed E-state index contributed by atoms with van der Waals surface area (Å²) < 4.78 is 21.1. The van der Waals surface area contributed by atoms with Crippen molar-refractivity contribution in [3.05, 3.63) is 47.7 Å². The molecule has 0 amide bonds. The minimum absolute atomic E-state index is 0.0475. The van der Waals surface area contributed by atoms with Gasteiger partial charge in [-0.05, 0) is 12.5 Å². The molecule has 0 radical (unpaired) electrons. The van der Waals surface area contributed by atoms with E-state index in [4.69, 9.17) is 4.74 Å². The van der Waals surface area contributed by atoms with E-state index in [1.165, 1.54) is 12.4 Å². The Balaban J connectivity index is 1.73. The maximum atomic E-state index is 14.0. The molecule has 0 bridgehead atoms. The van der Waals surface area contributed by atoms with Crippen molar-refractivity contribution < 1.29 is 9.13 Å². The van der Waals surface area contributed by atoms with Crippen LogP contribution in [0.5, 0.6) is 5.75 Å². The van der Waals surface area contributed by atoms with E-state index in [2.05, 4.69) is 27.3 Å². The lowest BCUT2D eigenvalue weighted by atomic mass is 10.0. The lowest BCUT2D eigenvalue weighted by Crippen LogP contribution is -2.22. The molecule has 1 aliphatic heterocycles. The van der Waals surface area contributed by atoms with Crippen LogP contribution in [0.2, 0.25) is 0 Å². The Kier molecular flexibility index (Phi) is 3.76. The van der Waals surface area contributed by atoms with Crippen LogP contribution in [0.1, 0.15) is 37.1 Å². The second-order valence-electron chi connectivity index (χ2n) is 5.85. The molecule has 1 N–H and O–H groups in total. The maximum absolute atomic E-state index is 14.0. The van der Waals surface area contributed by atoms with Crippen LogP contribution in [-0.2, 0) is 6.42 Å². The molecular weight excluding hydrogens is 309 g/mol. The summed E-state index contributed by atoms with van der Waals surface area (Å²) in [5.74, 6) is 1.38. The van der Waals surface area contributed by atoms with Crippen molar-refractivity contribution in [1.82, 2.24) is 19.6 Å². The second-order valence-corrected chi connectivity index (χ2v) is 5.85. The van der Waals surface area contributed by atoms with Gasteiger partial charge in [0.05, 0.1) is 12.6 Å². The number of halogens is 1. The number of aromatic nitrogens is 4. The summed E-state index contributed by atoms with van der Waals surface area (Å²) in [5, 5.41) is 7.70. The molecule has 0 spiro atoms. The predicted octanol–water partition coefficient (Wildman–Crippen LogP) is 3.15. The summed E-state index contributed by atoms with van der Waals surface area (Å²) in [6, 6.07) is 6.95. The molecule has 0 aliphatic carbocycles. The highest BCUT2D eigenvalue weighted by atomic mass is 19.1. The number of para-hydroxylation sites is 1. The first-order chi connectivity index (χ1) is 11.8. The Hall–Kier alpha value is -2.70. The first-order valence-corrected chi connectivity index (χ1v) is 8.13. The molecule has 7 heteroatoms. The Morgan fingerprint density at radius 2 is 2.33 bits per heavy atom. The van der Waals surface area contributed by atoms with Gasteiger partial charge in [0.25, 0.3) is 5.78 Å². The van der Waals surface area contributed by atoms with Crippen LogP contribution < -0.4 is 10.1 Å². The molecule has 3 aromatic rings. The zero-order valence-corrected chi connectivity index (χ0v) is 13.4. The zero-order chi connectivity index (χ0) is 16.5. The quantitative estimate of drug-likeness (QED) is 0.797. The topological polar surface area (TPSA) is 64.3 Å². The van der Waals surface area contributed by atoms with E-state index in [9.17, 15) is 4.39 Å². The number of aryl methyl sites for hydroxylation is 1. The molecule has 1 atom stereocenters. The van der Waals surface area contributed by atoms with Gasteiger partial charge >= 0.3 is 0 Å². The molecule has 6 nitrogen and oxygen atoms in total. The van der Waals surface area contributed by atoms with E-state index in [0.717, 1.165) is 36.3 Å². The molecule has 1 aromatic carbocycles. The van der Waals surface area contributed by atoms with Gasteiger partial charge in [-0.1, -0.05) is 25.5 Å². The minimum atomic E-state index is -0.327. The van der Waals surface area contributed by atoms with Crippen molar-refractivity contribution >= 4 is 11.6 Å². The van der Waals surface area contributed by atoms with Crippen molar-refractivity contribution in [2.75, 3.05) is 11.9 Å². The van der Waals surface area contributed by atoms with Gasteiger partial charge < -0.3 is 10.1 Å². The van der Waals surface area contributed by atoms with E-state index in [1.54, 1.807) is 10.6 Å². The molecule has 24 heavy (non-hydrogen) atoms. The first kappa shape index (κ1) is 14.9. The number of hydrogen-bond donors (Lipinski definition) is 1. The average Bonchev–Trinajstić information content (AvgIpc) is 3.05. The van der Waals surface area contributed by atoms with Gasteiger partial charge in [0.1, 0.15) is 12.1 Å². The summed E-state index contributed by atoms with van der Waals surface area (Å²) >= 11 is 0. The predicted molar refractivity (Wildman–Crippen MR) is 87.7 cm³/mol. The van der Waals surface area contributed by atoms with Crippen LogP contribution in [0, 0.1) is 5.82 Å². The highest BCUT2D eigenvalue weighted by molar-refractivity contribution is 5.49. The van der Waals surface area contributed by atoms with Crippen molar-refractivity contribution in [2.45, 2.75) is 32.2 Å². The van der Waals surface area contributed by atoms with Crippen molar-refractivity contribution in [1.29, 1.82) is 0 Å². The highest BCUT2D eigenvalue weighted by Gasteiger charge is 2.24. The van der Waals surface area contributed by atoms with E-state index in [-0.39, 0.29) is 11.9 Å². The third-order valence-corrected chi connectivity index (χ3v) is 4.16. The largest absolute Gasteiger partial charge is 0.490 e. The molecule has 124 valence electrons. The summed E-state index contributed by atoms with van der Waals surface area (Å²) in [6.45, 7) is 2.58.